The van der Waals surface area contributed by atoms with Gasteiger partial charge in [0.05, 0.1) is 23.8 Å². The first-order valence-corrected chi connectivity index (χ1v) is 7.77. The molecule has 21 heavy (non-hydrogen) atoms. The fraction of sp³-hybridized carbons (Fsp3) is 0.562. The van der Waals surface area contributed by atoms with Crippen molar-refractivity contribution in [3.05, 3.63) is 30.5 Å². The largest absolute Gasteiger partial charge is 0.306 e. The average Bonchev–Trinajstić information content (AvgIpc) is 2.97. The Hall–Kier alpha value is -1.75. The first-order chi connectivity index (χ1) is 10.2. The minimum absolute atomic E-state index is 0.715. The zero-order valence-electron chi connectivity index (χ0n) is 12.9. The fourth-order valence-electron chi connectivity index (χ4n) is 3.01. The number of hydrogen-bond acceptors (Lipinski definition) is 4. The van der Waals surface area contributed by atoms with E-state index < -0.39 is 0 Å². The highest BCUT2D eigenvalue weighted by atomic mass is 15.3. The molecule has 5 nitrogen and oxygen atoms in total. The Bertz CT molecular complexity index is 575. The molecule has 112 valence electrons. The highest BCUT2D eigenvalue weighted by Crippen LogP contribution is 2.20. The molecule has 2 aromatic rings. The molecule has 0 unspecified atom stereocenters. The summed E-state index contributed by atoms with van der Waals surface area (Å²) in [4.78, 5) is 11.6. The van der Waals surface area contributed by atoms with Gasteiger partial charge in [0.2, 0.25) is 0 Å². The highest BCUT2D eigenvalue weighted by molar-refractivity contribution is 5.55. The van der Waals surface area contributed by atoms with Gasteiger partial charge in [-0.3, -0.25) is 14.6 Å². The van der Waals surface area contributed by atoms with Crippen LogP contribution in [0.4, 0.5) is 0 Å². The Morgan fingerprint density at radius 2 is 2.14 bits per heavy atom. The topological polar surface area (TPSA) is 46.8 Å². The minimum Gasteiger partial charge on any atom is -0.306 e. The number of aryl methyl sites for hydroxylation is 1. The molecule has 0 radical (unpaired) electrons. The molecule has 0 amide bonds. The Balaban J connectivity index is 1.66. The van der Waals surface area contributed by atoms with E-state index >= 15 is 0 Å². The number of hydrogen-bond donors (Lipinski definition) is 0. The van der Waals surface area contributed by atoms with Crippen molar-refractivity contribution in [1.29, 1.82) is 0 Å². The second kappa shape index (κ2) is 6.35. The summed E-state index contributed by atoms with van der Waals surface area (Å²) in [6.07, 6.45) is 11.3. The van der Waals surface area contributed by atoms with E-state index in [4.69, 9.17) is 0 Å². The van der Waals surface area contributed by atoms with Crippen LogP contribution >= 0.6 is 0 Å². The summed E-state index contributed by atoms with van der Waals surface area (Å²) in [6.45, 7) is 5.35. The summed E-state index contributed by atoms with van der Waals surface area (Å²) in [5.41, 5.74) is 3.04. The lowest BCUT2D eigenvalue weighted by atomic mass is 9.94. The summed E-state index contributed by atoms with van der Waals surface area (Å²) >= 11 is 0. The second-order valence-electron chi connectivity index (χ2n) is 5.95. The van der Waals surface area contributed by atoms with Gasteiger partial charge in [0.25, 0.3) is 0 Å². The third kappa shape index (κ3) is 3.47. The van der Waals surface area contributed by atoms with E-state index in [-0.39, 0.29) is 0 Å². The van der Waals surface area contributed by atoms with E-state index in [1.165, 1.54) is 25.9 Å². The van der Waals surface area contributed by atoms with Crippen LogP contribution in [0.3, 0.4) is 0 Å². The van der Waals surface area contributed by atoms with Crippen LogP contribution in [0.1, 0.15) is 25.5 Å². The summed E-state index contributed by atoms with van der Waals surface area (Å²) in [7, 11) is 2.20. The number of likely N-dealkylation sites (tertiary alicyclic amines) is 1. The number of piperidine rings is 1. The van der Waals surface area contributed by atoms with Gasteiger partial charge in [0, 0.05) is 31.0 Å². The standard InChI is InChI=1S/C16H23N5/c1-3-21-12-14(8-19-21)16-10-17-15(9-18-16)7-13-5-4-6-20(2)11-13/h8-10,12-13H,3-7,11H2,1-2H3/t13-/m0/s1. The van der Waals surface area contributed by atoms with Crippen molar-refractivity contribution in [2.24, 2.45) is 5.92 Å². The van der Waals surface area contributed by atoms with E-state index in [1.807, 2.05) is 29.5 Å². The second-order valence-corrected chi connectivity index (χ2v) is 5.95. The van der Waals surface area contributed by atoms with Crippen LogP contribution < -0.4 is 0 Å². The summed E-state index contributed by atoms with van der Waals surface area (Å²) in [5, 5.41) is 4.28. The lowest BCUT2D eigenvalue weighted by molar-refractivity contribution is 0.208. The van der Waals surface area contributed by atoms with Gasteiger partial charge in [-0.1, -0.05) is 0 Å². The molecule has 1 saturated heterocycles. The lowest BCUT2D eigenvalue weighted by Gasteiger charge is -2.29. The van der Waals surface area contributed by atoms with E-state index in [1.54, 1.807) is 0 Å². The van der Waals surface area contributed by atoms with E-state index in [0.717, 1.165) is 29.9 Å². The van der Waals surface area contributed by atoms with Gasteiger partial charge in [-0.2, -0.15) is 5.10 Å². The Kier molecular flexibility index (Phi) is 4.29. The van der Waals surface area contributed by atoms with Crippen LogP contribution in [0.5, 0.6) is 0 Å². The normalized spacial score (nSPS) is 19.8. The Labute approximate surface area is 126 Å². The Morgan fingerprint density at radius 1 is 1.24 bits per heavy atom. The van der Waals surface area contributed by atoms with Gasteiger partial charge in [-0.25, -0.2) is 0 Å². The smallest absolute Gasteiger partial charge is 0.0916 e. The molecule has 0 bridgehead atoms. The van der Waals surface area contributed by atoms with E-state index in [2.05, 4.69) is 33.9 Å². The first-order valence-electron chi connectivity index (χ1n) is 7.77. The predicted molar refractivity (Wildman–Crippen MR) is 82.9 cm³/mol. The average molecular weight is 285 g/mol. The highest BCUT2D eigenvalue weighted by Gasteiger charge is 2.18. The molecule has 0 aliphatic carbocycles. The van der Waals surface area contributed by atoms with Crippen molar-refractivity contribution in [1.82, 2.24) is 24.6 Å². The molecule has 0 N–H and O–H groups in total. The quantitative estimate of drug-likeness (QED) is 0.864. The molecular weight excluding hydrogens is 262 g/mol. The lowest BCUT2D eigenvalue weighted by Crippen LogP contribution is -2.33. The maximum Gasteiger partial charge on any atom is 0.0916 e. The third-order valence-electron chi connectivity index (χ3n) is 4.18. The molecule has 3 heterocycles. The van der Waals surface area contributed by atoms with Crippen LogP contribution in [0, 0.1) is 5.92 Å². The molecule has 2 aromatic heterocycles. The molecule has 0 aromatic carbocycles. The van der Waals surface area contributed by atoms with Gasteiger partial charge in [-0.05, 0) is 45.7 Å². The van der Waals surface area contributed by atoms with Gasteiger partial charge in [0.1, 0.15) is 0 Å². The van der Waals surface area contributed by atoms with Crippen LogP contribution in [0.2, 0.25) is 0 Å². The van der Waals surface area contributed by atoms with Crippen LogP contribution in [-0.4, -0.2) is 44.8 Å². The monoisotopic (exact) mass is 285 g/mol. The summed E-state index contributed by atoms with van der Waals surface area (Å²) in [6, 6.07) is 0. The predicted octanol–water partition coefficient (Wildman–Crippen LogP) is 2.24. The third-order valence-corrected chi connectivity index (χ3v) is 4.18. The SMILES string of the molecule is CCn1cc(-c2cnc(C[C@@H]3CCCN(C)C3)cn2)cn1. The first kappa shape index (κ1) is 14.2. The van der Waals surface area contributed by atoms with Gasteiger partial charge in [0.15, 0.2) is 0 Å². The van der Waals surface area contributed by atoms with Crippen molar-refractivity contribution in [2.45, 2.75) is 32.7 Å². The maximum atomic E-state index is 4.59. The van der Waals surface area contributed by atoms with Crippen molar-refractivity contribution in [2.75, 3.05) is 20.1 Å². The molecule has 1 aliphatic rings. The molecular formula is C16H23N5. The molecule has 1 fully saturated rings. The molecule has 0 spiro atoms. The van der Waals surface area contributed by atoms with Crippen LogP contribution in [-0.2, 0) is 13.0 Å². The van der Waals surface area contributed by atoms with E-state index in [9.17, 15) is 0 Å². The molecule has 5 heteroatoms. The van der Waals surface area contributed by atoms with E-state index in [0.29, 0.717) is 5.92 Å². The maximum absolute atomic E-state index is 4.59. The van der Waals surface area contributed by atoms with Gasteiger partial charge >= 0.3 is 0 Å². The van der Waals surface area contributed by atoms with Gasteiger partial charge < -0.3 is 4.90 Å². The molecule has 3 rings (SSSR count). The molecule has 1 aliphatic heterocycles. The minimum atomic E-state index is 0.715. The van der Waals surface area contributed by atoms with Crippen molar-refractivity contribution in [3.63, 3.8) is 0 Å². The van der Waals surface area contributed by atoms with Crippen molar-refractivity contribution >= 4 is 0 Å². The van der Waals surface area contributed by atoms with Crippen LogP contribution in [0.15, 0.2) is 24.8 Å². The number of nitrogens with zero attached hydrogens (tertiary/aromatic N) is 5. The van der Waals surface area contributed by atoms with Crippen molar-refractivity contribution in [3.8, 4) is 11.3 Å². The Morgan fingerprint density at radius 3 is 2.81 bits per heavy atom. The van der Waals surface area contributed by atoms with Crippen molar-refractivity contribution < 1.29 is 0 Å². The molecule has 0 saturated carbocycles. The zero-order valence-corrected chi connectivity index (χ0v) is 12.9. The number of aromatic nitrogens is 4. The molecule has 1 atom stereocenters. The summed E-state index contributed by atoms with van der Waals surface area (Å²) in [5.74, 6) is 0.715. The van der Waals surface area contributed by atoms with Gasteiger partial charge in [-0.15, -0.1) is 0 Å². The summed E-state index contributed by atoms with van der Waals surface area (Å²) < 4.78 is 1.91. The van der Waals surface area contributed by atoms with Crippen LogP contribution in [0.25, 0.3) is 11.3 Å². The fourth-order valence-corrected chi connectivity index (χ4v) is 3.01. The zero-order chi connectivity index (χ0) is 14.7. The number of rotatable bonds is 4.